The molecule has 1 aliphatic carbocycles. The van der Waals surface area contributed by atoms with Crippen LogP contribution in [0.2, 0.25) is 0 Å². The molecule has 0 saturated carbocycles. The van der Waals surface area contributed by atoms with Crippen LogP contribution >= 0.6 is 0 Å². The summed E-state index contributed by atoms with van der Waals surface area (Å²) in [4.78, 5) is 12.2. The number of Topliss-reactive ketones (excluding diaryl/α,β-unsaturated/α-hetero) is 1. The standard InChI is InChI=1S/C18H14O/c19-18-16(13-15-10-4-5-12-17(15)18)11-6-9-14-7-2-1-3-8-14/h1-5,7-8,10,12,16H,11,13H2. The minimum absolute atomic E-state index is 0.0358. The molecule has 0 amide bonds. The lowest BCUT2D eigenvalue weighted by molar-refractivity contribution is 0.0939. The fraction of sp³-hybridized carbons (Fsp3) is 0.167. The molecule has 0 heterocycles. The molecule has 0 N–H and O–H groups in total. The van der Waals surface area contributed by atoms with Crippen LogP contribution in [0.4, 0.5) is 0 Å². The summed E-state index contributed by atoms with van der Waals surface area (Å²) in [5.74, 6) is 6.54. The predicted octanol–water partition coefficient (Wildman–Crippen LogP) is 3.48. The Bertz CT molecular complexity index is 659. The summed E-state index contributed by atoms with van der Waals surface area (Å²) in [5, 5.41) is 0. The Balaban J connectivity index is 1.71. The van der Waals surface area contributed by atoms with Gasteiger partial charge in [-0.1, -0.05) is 54.3 Å². The molecule has 0 spiro atoms. The van der Waals surface area contributed by atoms with Crippen molar-refractivity contribution < 1.29 is 4.79 Å². The summed E-state index contributed by atoms with van der Waals surface area (Å²) >= 11 is 0. The molecule has 1 nitrogen and oxygen atoms in total. The van der Waals surface area contributed by atoms with Crippen LogP contribution in [0.1, 0.15) is 27.9 Å². The summed E-state index contributed by atoms with van der Waals surface area (Å²) < 4.78 is 0. The Morgan fingerprint density at radius 1 is 1.00 bits per heavy atom. The molecule has 19 heavy (non-hydrogen) atoms. The van der Waals surface area contributed by atoms with Crippen molar-refractivity contribution in [1.82, 2.24) is 0 Å². The third kappa shape index (κ3) is 2.44. The minimum Gasteiger partial charge on any atom is -0.294 e. The second-order valence-electron chi connectivity index (χ2n) is 4.79. The summed E-state index contributed by atoms with van der Waals surface area (Å²) in [7, 11) is 0. The second kappa shape index (κ2) is 5.12. The van der Waals surface area contributed by atoms with Crippen LogP contribution in [0.3, 0.4) is 0 Å². The average Bonchev–Trinajstić information content (AvgIpc) is 2.78. The number of ketones is 1. The highest BCUT2D eigenvalue weighted by atomic mass is 16.1. The molecule has 0 radical (unpaired) electrons. The van der Waals surface area contributed by atoms with Crippen molar-refractivity contribution in [3.63, 3.8) is 0 Å². The SMILES string of the molecule is O=C1c2ccccc2CC1CC#Cc1ccccc1. The van der Waals surface area contributed by atoms with Gasteiger partial charge in [-0.2, -0.15) is 0 Å². The number of fused-ring (bicyclic) bond motifs is 1. The number of carbonyl (C=O) groups is 1. The van der Waals surface area contributed by atoms with Crippen LogP contribution in [-0.2, 0) is 6.42 Å². The van der Waals surface area contributed by atoms with Crippen molar-refractivity contribution in [2.45, 2.75) is 12.8 Å². The van der Waals surface area contributed by atoms with E-state index >= 15 is 0 Å². The number of hydrogen-bond acceptors (Lipinski definition) is 1. The van der Waals surface area contributed by atoms with Crippen LogP contribution < -0.4 is 0 Å². The van der Waals surface area contributed by atoms with Crippen molar-refractivity contribution in [2.24, 2.45) is 5.92 Å². The van der Waals surface area contributed by atoms with E-state index in [1.54, 1.807) is 0 Å². The quantitative estimate of drug-likeness (QED) is 0.704. The van der Waals surface area contributed by atoms with Crippen LogP contribution in [0.15, 0.2) is 54.6 Å². The Morgan fingerprint density at radius 2 is 1.74 bits per heavy atom. The summed E-state index contributed by atoms with van der Waals surface area (Å²) in [6, 6.07) is 17.8. The van der Waals surface area contributed by atoms with Gasteiger partial charge in [0.25, 0.3) is 0 Å². The van der Waals surface area contributed by atoms with E-state index in [-0.39, 0.29) is 11.7 Å². The summed E-state index contributed by atoms with van der Waals surface area (Å²) in [6.07, 6.45) is 1.47. The van der Waals surface area contributed by atoms with Gasteiger partial charge in [-0.3, -0.25) is 4.79 Å². The predicted molar refractivity (Wildman–Crippen MR) is 75.9 cm³/mol. The first-order chi connectivity index (χ1) is 9.34. The lowest BCUT2D eigenvalue weighted by Crippen LogP contribution is -2.07. The van der Waals surface area contributed by atoms with Gasteiger partial charge in [0.1, 0.15) is 0 Å². The van der Waals surface area contributed by atoms with Crippen molar-refractivity contribution >= 4 is 5.78 Å². The monoisotopic (exact) mass is 246 g/mol. The zero-order valence-electron chi connectivity index (χ0n) is 10.6. The van der Waals surface area contributed by atoms with Crippen molar-refractivity contribution in [3.05, 3.63) is 71.3 Å². The van der Waals surface area contributed by atoms with E-state index in [0.717, 1.165) is 17.5 Å². The number of rotatable bonds is 1. The van der Waals surface area contributed by atoms with Gasteiger partial charge < -0.3 is 0 Å². The fourth-order valence-corrected chi connectivity index (χ4v) is 2.48. The van der Waals surface area contributed by atoms with Gasteiger partial charge in [0.15, 0.2) is 5.78 Å². The zero-order valence-corrected chi connectivity index (χ0v) is 10.6. The maximum atomic E-state index is 12.2. The summed E-state index contributed by atoms with van der Waals surface area (Å²) in [6.45, 7) is 0. The normalized spacial score (nSPS) is 16.6. The second-order valence-corrected chi connectivity index (χ2v) is 4.79. The molecule has 1 atom stereocenters. The Hall–Kier alpha value is -2.33. The van der Waals surface area contributed by atoms with E-state index in [1.807, 2.05) is 54.6 Å². The molecule has 2 aromatic carbocycles. The lowest BCUT2D eigenvalue weighted by atomic mass is 10.0. The molecule has 1 aliphatic rings. The average molecular weight is 246 g/mol. The third-order valence-electron chi connectivity index (χ3n) is 3.47. The first-order valence-electron chi connectivity index (χ1n) is 6.50. The maximum Gasteiger partial charge on any atom is 0.167 e. The minimum atomic E-state index is 0.0358. The number of benzene rings is 2. The number of carbonyl (C=O) groups excluding carboxylic acids is 1. The van der Waals surface area contributed by atoms with Gasteiger partial charge in [0.05, 0.1) is 0 Å². The van der Waals surface area contributed by atoms with Gasteiger partial charge >= 0.3 is 0 Å². The van der Waals surface area contributed by atoms with Gasteiger partial charge in [-0.25, -0.2) is 0 Å². The van der Waals surface area contributed by atoms with Crippen molar-refractivity contribution in [1.29, 1.82) is 0 Å². The smallest absolute Gasteiger partial charge is 0.167 e. The third-order valence-corrected chi connectivity index (χ3v) is 3.47. The Kier molecular flexibility index (Phi) is 3.16. The van der Waals surface area contributed by atoms with E-state index in [0.29, 0.717) is 6.42 Å². The first-order valence-corrected chi connectivity index (χ1v) is 6.50. The molecule has 0 aliphatic heterocycles. The molecule has 0 bridgehead atoms. The van der Waals surface area contributed by atoms with Crippen LogP contribution in [-0.4, -0.2) is 5.78 Å². The summed E-state index contributed by atoms with van der Waals surface area (Å²) in [5.41, 5.74) is 3.05. The molecule has 92 valence electrons. The van der Waals surface area contributed by atoms with Crippen molar-refractivity contribution in [2.75, 3.05) is 0 Å². The maximum absolute atomic E-state index is 12.2. The zero-order chi connectivity index (χ0) is 13.1. The Morgan fingerprint density at radius 3 is 2.53 bits per heavy atom. The highest BCUT2D eigenvalue weighted by Gasteiger charge is 2.28. The van der Waals surface area contributed by atoms with E-state index in [4.69, 9.17) is 0 Å². The van der Waals surface area contributed by atoms with Gasteiger partial charge in [-0.15, -0.1) is 0 Å². The lowest BCUT2D eigenvalue weighted by Gasteiger charge is -2.00. The van der Waals surface area contributed by atoms with Gasteiger partial charge in [0.2, 0.25) is 0 Å². The highest BCUT2D eigenvalue weighted by molar-refractivity contribution is 6.02. The molecule has 0 fully saturated rings. The molecule has 0 saturated heterocycles. The molecule has 1 heteroatoms. The number of hydrogen-bond donors (Lipinski definition) is 0. The van der Waals surface area contributed by atoms with E-state index in [9.17, 15) is 4.79 Å². The fourth-order valence-electron chi connectivity index (χ4n) is 2.48. The van der Waals surface area contributed by atoms with Gasteiger partial charge in [-0.05, 0) is 24.1 Å². The van der Waals surface area contributed by atoms with Gasteiger partial charge in [0, 0.05) is 23.5 Å². The van der Waals surface area contributed by atoms with Crippen molar-refractivity contribution in [3.8, 4) is 11.8 Å². The molecular weight excluding hydrogens is 232 g/mol. The first kappa shape index (κ1) is 11.7. The molecule has 0 aromatic heterocycles. The van der Waals surface area contributed by atoms with E-state index in [2.05, 4.69) is 11.8 Å². The molecule has 2 aromatic rings. The largest absolute Gasteiger partial charge is 0.294 e. The highest BCUT2D eigenvalue weighted by Crippen LogP contribution is 2.28. The van der Waals surface area contributed by atoms with E-state index in [1.165, 1.54) is 5.56 Å². The van der Waals surface area contributed by atoms with Crippen LogP contribution in [0, 0.1) is 17.8 Å². The van der Waals surface area contributed by atoms with Crippen LogP contribution in [0.25, 0.3) is 0 Å². The van der Waals surface area contributed by atoms with Crippen LogP contribution in [0.5, 0.6) is 0 Å². The Labute approximate surface area is 113 Å². The molecular formula is C18H14O. The molecule has 3 rings (SSSR count). The topological polar surface area (TPSA) is 17.1 Å². The van der Waals surface area contributed by atoms with E-state index < -0.39 is 0 Å². The molecule has 1 unspecified atom stereocenters.